The molecule has 1 aromatic carbocycles. The molecule has 0 radical (unpaired) electrons. The highest BCUT2D eigenvalue weighted by Gasteiger charge is 2.13. The van der Waals surface area contributed by atoms with E-state index in [-0.39, 0.29) is 11.7 Å². The van der Waals surface area contributed by atoms with Crippen LogP contribution in [-0.2, 0) is 0 Å². The van der Waals surface area contributed by atoms with Gasteiger partial charge in [-0.15, -0.1) is 0 Å². The third-order valence-corrected chi connectivity index (χ3v) is 4.12. The molecule has 1 saturated heterocycles. The van der Waals surface area contributed by atoms with Crippen LogP contribution in [0.15, 0.2) is 22.7 Å². The molecule has 4 nitrogen and oxygen atoms in total. The van der Waals surface area contributed by atoms with E-state index in [0.717, 1.165) is 19.5 Å². The first kappa shape index (κ1) is 14.3. The minimum atomic E-state index is -0.133. The number of piperidine rings is 1. The van der Waals surface area contributed by atoms with Gasteiger partial charge in [0, 0.05) is 12.1 Å². The summed E-state index contributed by atoms with van der Waals surface area (Å²) in [7, 11) is 0. The minimum absolute atomic E-state index is 0.0872. The van der Waals surface area contributed by atoms with Gasteiger partial charge in [0.25, 0.3) is 5.91 Å². The van der Waals surface area contributed by atoms with E-state index in [0.29, 0.717) is 22.5 Å². The number of aromatic hydroxyl groups is 1. The highest BCUT2D eigenvalue weighted by atomic mass is 79.9. The van der Waals surface area contributed by atoms with Gasteiger partial charge in [0.15, 0.2) is 0 Å². The highest BCUT2D eigenvalue weighted by molar-refractivity contribution is 9.10. The van der Waals surface area contributed by atoms with Crippen LogP contribution >= 0.6 is 15.9 Å². The molecule has 19 heavy (non-hydrogen) atoms. The van der Waals surface area contributed by atoms with Crippen LogP contribution in [0.4, 0.5) is 0 Å². The number of hydrogen-bond donors (Lipinski definition) is 3. The second kappa shape index (κ2) is 6.91. The van der Waals surface area contributed by atoms with Crippen LogP contribution in [0.25, 0.3) is 0 Å². The Bertz CT molecular complexity index is 445. The normalized spacial score (nSPS) is 19.1. The van der Waals surface area contributed by atoms with Crippen molar-refractivity contribution >= 4 is 21.8 Å². The fourth-order valence-corrected chi connectivity index (χ4v) is 2.56. The number of benzene rings is 1. The zero-order valence-corrected chi connectivity index (χ0v) is 12.4. The first-order valence-corrected chi connectivity index (χ1v) is 7.43. The molecular weight excluding hydrogens is 308 g/mol. The average molecular weight is 327 g/mol. The minimum Gasteiger partial charge on any atom is -0.507 e. The van der Waals surface area contributed by atoms with Crippen LogP contribution in [0.1, 0.15) is 29.6 Å². The van der Waals surface area contributed by atoms with Crippen molar-refractivity contribution in [2.75, 3.05) is 19.6 Å². The fourth-order valence-electron chi connectivity index (χ4n) is 2.32. The summed E-state index contributed by atoms with van der Waals surface area (Å²) in [6.45, 7) is 2.85. The summed E-state index contributed by atoms with van der Waals surface area (Å²) < 4.78 is 0.595. The maximum Gasteiger partial charge on any atom is 0.251 e. The maximum atomic E-state index is 11.9. The van der Waals surface area contributed by atoms with Crippen LogP contribution in [0, 0.1) is 5.92 Å². The Hall–Kier alpha value is -1.07. The molecule has 0 spiro atoms. The molecule has 1 unspecified atom stereocenters. The molecule has 1 amide bonds. The molecule has 0 saturated carbocycles. The van der Waals surface area contributed by atoms with Gasteiger partial charge < -0.3 is 15.7 Å². The van der Waals surface area contributed by atoms with E-state index in [1.165, 1.54) is 18.9 Å². The maximum absolute atomic E-state index is 11.9. The number of carbonyl (C=O) groups is 1. The van der Waals surface area contributed by atoms with E-state index in [4.69, 9.17) is 0 Å². The number of amides is 1. The van der Waals surface area contributed by atoms with Crippen molar-refractivity contribution in [1.29, 1.82) is 0 Å². The SMILES string of the molecule is O=C(NCCC1CCCNC1)c1ccc(Br)c(O)c1. The summed E-state index contributed by atoms with van der Waals surface area (Å²) in [5.41, 5.74) is 0.488. The smallest absolute Gasteiger partial charge is 0.251 e. The molecule has 104 valence electrons. The summed E-state index contributed by atoms with van der Waals surface area (Å²) in [5.74, 6) is 0.614. The number of phenols is 1. The number of hydrogen-bond acceptors (Lipinski definition) is 3. The first-order chi connectivity index (χ1) is 9.16. The van der Waals surface area contributed by atoms with Crippen LogP contribution in [-0.4, -0.2) is 30.6 Å². The summed E-state index contributed by atoms with van der Waals surface area (Å²) in [6, 6.07) is 4.85. The Kier molecular flexibility index (Phi) is 5.22. The number of phenolic OH excluding ortho intramolecular Hbond substituents is 1. The van der Waals surface area contributed by atoms with Gasteiger partial charge in [-0.3, -0.25) is 4.79 Å². The topological polar surface area (TPSA) is 61.4 Å². The Morgan fingerprint density at radius 1 is 1.53 bits per heavy atom. The predicted molar refractivity (Wildman–Crippen MR) is 78.4 cm³/mol. The number of halogens is 1. The van der Waals surface area contributed by atoms with Crippen LogP contribution in [0.2, 0.25) is 0 Å². The van der Waals surface area contributed by atoms with Gasteiger partial charge in [-0.2, -0.15) is 0 Å². The number of nitrogens with one attached hydrogen (secondary N) is 2. The third-order valence-electron chi connectivity index (χ3n) is 3.45. The van der Waals surface area contributed by atoms with Gasteiger partial charge in [-0.25, -0.2) is 0 Å². The lowest BCUT2D eigenvalue weighted by Gasteiger charge is -2.22. The Labute approximate surface area is 121 Å². The molecule has 2 rings (SSSR count). The van der Waals surface area contributed by atoms with E-state index in [1.54, 1.807) is 12.1 Å². The van der Waals surface area contributed by atoms with Crippen LogP contribution in [0.3, 0.4) is 0 Å². The molecule has 1 atom stereocenters. The molecule has 0 aromatic heterocycles. The molecule has 1 heterocycles. The molecule has 0 bridgehead atoms. The number of rotatable bonds is 4. The summed E-state index contributed by atoms with van der Waals surface area (Å²) in [5, 5.41) is 15.8. The van der Waals surface area contributed by atoms with E-state index >= 15 is 0 Å². The Morgan fingerprint density at radius 3 is 3.05 bits per heavy atom. The Balaban J connectivity index is 1.78. The van der Waals surface area contributed by atoms with Crippen molar-refractivity contribution in [3.63, 3.8) is 0 Å². The molecule has 1 fully saturated rings. The molecule has 1 aliphatic heterocycles. The lowest BCUT2D eigenvalue weighted by molar-refractivity contribution is 0.0950. The van der Waals surface area contributed by atoms with Crippen molar-refractivity contribution < 1.29 is 9.90 Å². The lowest BCUT2D eigenvalue weighted by atomic mass is 9.96. The van der Waals surface area contributed by atoms with E-state index in [9.17, 15) is 9.90 Å². The second-order valence-corrected chi connectivity index (χ2v) is 5.78. The zero-order chi connectivity index (χ0) is 13.7. The summed E-state index contributed by atoms with van der Waals surface area (Å²) in [4.78, 5) is 11.9. The van der Waals surface area contributed by atoms with Gasteiger partial charge in [0.05, 0.1) is 4.47 Å². The lowest BCUT2D eigenvalue weighted by Crippen LogP contribution is -2.33. The van der Waals surface area contributed by atoms with Crippen molar-refractivity contribution in [3.8, 4) is 5.75 Å². The third kappa shape index (κ3) is 4.21. The van der Waals surface area contributed by atoms with Gasteiger partial charge in [-0.1, -0.05) is 0 Å². The van der Waals surface area contributed by atoms with Crippen molar-refractivity contribution in [2.24, 2.45) is 5.92 Å². The van der Waals surface area contributed by atoms with Crippen molar-refractivity contribution in [1.82, 2.24) is 10.6 Å². The molecule has 3 N–H and O–H groups in total. The molecule has 5 heteroatoms. The zero-order valence-electron chi connectivity index (χ0n) is 10.8. The van der Waals surface area contributed by atoms with Gasteiger partial charge >= 0.3 is 0 Å². The Morgan fingerprint density at radius 2 is 2.37 bits per heavy atom. The molecule has 1 aromatic rings. The summed E-state index contributed by atoms with van der Waals surface area (Å²) in [6.07, 6.45) is 3.46. The summed E-state index contributed by atoms with van der Waals surface area (Å²) >= 11 is 3.19. The predicted octanol–water partition coefficient (Wildman–Crippen LogP) is 2.27. The van der Waals surface area contributed by atoms with Gasteiger partial charge in [-0.05, 0) is 72.4 Å². The van der Waals surface area contributed by atoms with Crippen LogP contribution in [0.5, 0.6) is 5.75 Å². The molecule has 1 aliphatic rings. The number of carbonyl (C=O) groups excluding carboxylic acids is 1. The second-order valence-electron chi connectivity index (χ2n) is 4.92. The van der Waals surface area contributed by atoms with Crippen LogP contribution < -0.4 is 10.6 Å². The largest absolute Gasteiger partial charge is 0.507 e. The van der Waals surface area contributed by atoms with Crippen molar-refractivity contribution in [2.45, 2.75) is 19.3 Å². The van der Waals surface area contributed by atoms with E-state index in [2.05, 4.69) is 26.6 Å². The average Bonchev–Trinajstić information content (AvgIpc) is 2.43. The first-order valence-electron chi connectivity index (χ1n) is 6.64. The molecular formula is C14H19BrN2O2. The monoisotopic (exact) mass is 326 g/mol. The quantitative estimate of drug-likeness (QED) is 0.795. The van der Waals surface area contributed by atoms with Gasteiger partial charge in [0.1, 0.15) is 5.75 Å². The van der Waals surface area contributed by atoms with E-state index < -0.39 is 0 Å². The van der Waals surface area contributed by atoms with Gasteiger partial charge in [0.2, 0.25) is 0 Å². The standard InChI is InChI=1S/C14H19BrN2O2/c15-12-4-3-11(8-13(12)18)14(19)17-7-5-10-2-1-6-16-9-10/h3-4,8,10,16,18H,1-2,5-7,9H2,(H,17,19). The fraction of sp³-hybridized carbons (Fsp3) is 0.500. The van der Waals surface area contributed by atoms with E-state index in [1.807, 2.05) is 0 Å². The van der Waals surface area contributed by atoms with Crippen molar-refractivity contribution in [3.05, 3.63) is 28.2 Å². The molecule has 0 aliphatic carbocycles. The highest BCUT2D eigenvalue weighted by Crippen LogP contribution is 2.24.